The van der Waals surface area contributed by atoms with Gasteiger partial charge in [0.15, 0.2) is 0 Å². The normalized spacial score (nSPS) is 0. The van der Waals surface area contributed by atoms with Gasteiger partial charge < -0.3 is 0 Å². The van der Waals surface area contributed by atoms with E-state index < -0.39 is 0 Å². The summed E-state index contributed by atoms with van der Waals surface area (Å²) in [5, 5.41) is 0. The van der Waals surface area contributed by atoms with Gasteiger partial charge in [-0.3, -0.25) is 0 Å². The van der Waals surface area contributed by atoms with Gasteiger partial charge in [0.05, 0.1) is 0 Å². The van der Waals surface area contributed by atoms with Gasteiger partial charge in [0.25, 0.3) is 0 Å². The van der Waals surface area contributed by atoms with Crippen molar-refractivity contribution in [1.29, 1.82) is 0 Å². The van der Waals surface area contributed by atoms with Crippen molar-refractivity contribution < 1.29 is 40.3 Å². The minimum Gasteiger partial charge on any atom is -0.147 e. The van der Waals surface area contributed by atoms with Crippen LogP contribution < -0.4 is 0 Å². The van der Waals surface area contributed by atoms with Crippen molar-refractivity contribution in [2.24, 2.45) is 0 Å². The van der Waals surface area contributed by atoms with Crippen LogP contribution in [0.3, 0.4) is 0 Å². The van der Waals surface area contributed by atoms with Crippen LogP contribution >= 0.6 is 24.8 Å². The van der Waals surface area contributed by atoms with Crippen LogP contribution in [0.2, 0.25) is 0 Å². The van der Waals surface area contributed by atoms with E-state index in [1.807, 2.05) is 0 Å². The Labute approximate surface area is 64.7 Å². The fourth-order valence-electron chi connectivity index (χ4n) is 0. The monoisotopic (exact) mass is 171 g/mol. The number of rotatable bonds is 0. The quantitative estimate of drug-likeness (QED) is 0.474. The van der Waals surface area contributed by atoms with Crippen molar-refractivity contribution in [3.63, 3.8) is 0 Å². The Bertz CT molecular complexity index is 6.00. The van der Waals surface area contributed by atoms with Crippen LogP contribution in [0, 0.1) is 0 Å². The van der Waals surface area contributed by atoms with Crippen LogP contribution in [0.15, 0.2) is 0 Å². The molecule has 0 unspecified atom stereocenters. The molecule has 0 aliphatic rings. The van der Waals surface area contributed by atoms with Gasteiger partial charge in [0, 0.05) is 40.3 Å². The Hall–Kier alpha value is 1.88. The molecule has 0 aromatic carbocycles. The summed E-state index contributed by atoms with van der Waals surface area (Å²) < 4.78 is 0. The van der Waals surface area contributed by atoms with E-state index in [2.05, 4.69) is 0 Å². The summed E-state index contributed by atoms with van der Waals surface area (Å²) in [7, 11) is 0. The standard InChI is InChI=1S/2ClH.Ti.V/h2*1H;;. The van der Waals surface area contributed by atoms with Crippen LogP contribution in [0.25, 0.3) is 0 Å². The second-order valence-electron chi connectivity index (χ2n) is 0. The number of hydrogen-bond acceptors (Lipinski definition) is 0. The zero-order valence-corrected chi connectivity index (χ0v) is 6.35. The van der Waals surface area contributed by atoms with Gasteiger partial charge in [0.2, 0.25) is 0 Å². The number of halogens is 2. The van der Waals surface area contributed by atoms with Gasteiger partial charge >= 0.3 is 0 Å². The summed E-state index contributed by atoms with van der Waals surface area (Å²) in [5.74, 6) is 0. The Morgan fingerprint density at radius 2 is 0.750 bits per heavy atom. The van der Waals surface area contributed by atoms with Gasteiger partial charge in [0.1, 0.15) is 0 Å². The SMILES string of the molecule is Cl.Cl.[Ti].[V]. The van der Waals surface area contributed by atoms with Crippen molar-refractivity contribution in [2.75, 3.05) is 0 Å². The van der Waals surface area contributed by atoms with Crippen LogP contribution in [0.1, 0.15) is 0 Å². The molecule has 0 bridgehead atoms. The molecule has 0 aliphatic heterocycles. The van der Waals surface area contributed by atoms with E-state index in [9.17, 15) is 0 Å². The van der Waals surface area contributed by atoms with Crippen LogP contribution in [-0.2, 0) is 40.3 Å². The van der Waals surface area contributed by atoms with Crippen LogP contribution in [0.4, 0.5) is 0 Å². The fourth-order valence-corrected chi connectivity index (χ4v) is 0. The predicted molar refractivity (Wildman–Crippen MR) is 14.5 cm³/mol. The van der Waals surface area contributed by atoms with Crippen molar-refractivity contribution >= 4 is 24.8 Å². The Morgan fingerprint density at radius 3 is 0.750 bits per heavy atom. The molecule has 4 heteroatoms. The summed E-state index contributed by atoms with van der Waals surface area (Å²) in [6.07, 6.45) is 0. The molecule has 0 saturated heterocycles. The van der Waals surface area contributed by atoms with E-state index in [-0.39, 0.29) is 65.1 Å². The van der Waals surface area contributed by atoms with E-state index in [1.165, 1.54) is 0 Å². The van der Waals surface area contributed by atoms with Crippen molar-refractivity contribution in [3.8, 4) is 0 Å². The summed E-state index contributed by atoms with van der Waals surface area (Å²) in [6, 6.07) is 0. The topological polar surface area (TPSA) is 0 Å². The minimum atomic E-state index is 0. The zero-order chi connectivity index (χ0) is 0. The summed E-state index contributed by atoms with van der Waals surface area (Å²) in [6.45, 7) is 0. The van der Waals surface area contributed by atoms with E-state index in [1.54, 1.807) is 0 Å². The molecule has 0 heterocycles. The minimum absolute atomic E-state index is 0. The molecule has 0 rings (SSSR count). The summed E-state index contributed by atoms with van der Waals surface area (Å²) >= 11 is 0. The third-order valence-corrected chi connectivity index (χ3v) is 0. The van der Waals surface area contributed by atoms with Crippen LogP contribution in [0.5, 0.6) is 0 Å². The molecule has 4 heavy (non-hydrogen) atoms. The van der Waals surface area contributed by atoms with Crippen LogP contribution in [-0.4, -0.2) is 0 Å². The largest absolute Gasteiger partial charge is 0.147 e. The molecule has 0 aromatic rings. The maximum Gasteiger partial charge on any atom is 0 e. The number of hydrogen-bond donors (Lipinski definition) is 0. The van der Waals surface area contributed by atoms with Gasteiger partial charge in [-0.1, -0.05) is 0 Å². The Kier molecular flexibility index (Phi) is 206. The summed E-state index contributed by atoms with van der Waals surface area (Å²) in [5.41, 5.74) is 0. The molecule has 0 amide bonds. The van der Waals surface area contributed by atoms with E-state index >= 15 is 0 Å². The van der Waals surface area contributed by atoms with E-state index in [4.69, 9.17) is 0 Å². The van der Waals surface area contributed by atoms with Gasteiger partial charge in [-0.2, -0.15) is 0 Å². The zero-order valence-electron chi connectivity index (χ0n) is 1.76. The molecule has 0 spiro atoms. The second kappa shape index (κ2) is 20.8. The molecule has 0 aliphatic carbocycles. The maximum absolute atomic E-state index is 0. The fraction of sp³-hybridized carbons (Fsp3) is 0. The Morgan fingerprint density at radius 1 is 0.750 bits per heavy atom. The third-order valence-electron chi connectivity index (χ3n) is 0. The van der Waals surface area contributed by atoms with Gasteiger partial charge in [-0.25, -0.2) is 0 Å². The average Bonchev–Trinajstić information content (AvgIpc) is 0. The molecule has 0 aromatic heterocycles. The first-order valence-corrected chi connectivity index (χ1v) is 0. The molecular weight excluding hydrogens is 170 g/mol. The van der Waals surface area contributed by atoms with Crippen molar-refractivity contribution in [3.05, 3.63) is 0 Å². The molecule has 1 radical (unpaired) electrons. The molecule has 0 fully saturated rings. The van der Waals surface area contributed by atoms with Gasteiger partial charge in [-0.05, 0) is 0 Å². The van der Waals surface area contributed by atoms with Crippen molar-refractivity contribution in [1.82, 2.24) is 0 Å². The van der Waals surface area contributed by atoms with E-state index in [0.29, 0.717) is 0 Å². The van der Waals surface area contributed by atoms with Crippen molar-refractivity contribution in [2.45, 2.75) is 0 Å². The van der Waals surface area contributed by atoms with Gasteiger partial charge in [-0.15, -0.1) is 24.8 Å². The predicted octanol–water partition coefficient (Wildman–Crippen LogP) is 0.839. The smallest absolute Gasteiger partial charge is 0 e. The average molecular weight is 172 g/mol. The first-order chi connectivity index (χ1) is 0. The van der Waals surface area contributed by atoms with E-state index in [0.717, 1.165) is 0 Å². The molecule has 0 saturated carbocycles. The maximum atomic E-state index is 0. The Balaban J connectivity index is 0. The molecule has 0 N–H and O–H groups in total. The third kappa shape index (κ3) is 9.11. The first kappa shape index (κ1) is 39.6. The first-order valence-electron chi connectivity index (χ1n) is 0. The molecule has 0 atom stereocenters. The molecule has 25 valence electrons. The molecular formula is H2Cl2TiV. The molecule has 0 nitrogen and oxygen atoms in total. The second-order valence-corrected chi connectivity index (χ2v) is 0. The summed E-state index contributed by atoms with van der Waals surface area (Å²) in [4.78, 5) is 0.